The fourth-order valence-corrected chi connectivity index (χ4v) is 1.77. The van der Waals surface area contributed by atoms with E-state index in [0.717, 1.165) is 11.1 Å². The van der Waals surface area contributed by atoms with E-state index in [1.54, 1.807) is 19.4 Å². The molecule has 2 N–H and O–H groups in total. The Morgan fingerprint density at radius 3 is 2.61 bits per heavy atom. The Morgan fingerprint density at radius 1 is 1.17 bits per heavy atom. The molecule has 0 bridgehead atoms. The summed E-state index contributed by atoms with van der Waals surface area (Å²) in [6, 6.07) is 5.55. The van der Waals surface area contributed by atoms with Gasteiger partial charge in [0, 0.05) is 25.1 Å². The number of benzene rings is 1. The molecule has 0 fully saturated rings. The van der Waals surface area contributed by atoms with Gasteiger partial charge in [-0.3, -0.25) is 9.59 Å². The van der Waals surface area contributed by atoms with Gasteiger partial charge in [0.2, 0.25) is 0 Å². The van der Waals surface area contributed by atoms with Crippen molar-refractivity contribution < 1.29 is 0 Å². The minimum Gasteiger partial charge on any atom is -0.399 e. The number of nitrogen functional groups attached to an aromatic ring is 1. The Labute approximate surface area is 104 Å². The van der Waals surface area contributed by atoms with E-state index in [2.05, 4.69) is 0 Å². The predicted molar refractivity (Wildman–Crippen MR) is 70.6 cm³/mol. The molecule has 0 aliphatic heterocycles. The average Bonchev–Trinajstić information content (AvgIpc) is 2.35. The zero-order chi connectivity index (χ0) is 13.3. The van der Waals surface area contributed by atoms with Crippen LogP contribution in [-0.4, -0.2) is 9.13 Å². The van der Waals surface area contributed by atoms with Gasteiger partial charge < -0.3 is 14.9 Å². The summed E-state index contributed by atoms with van der Waals surface area (Å²) in [6.07, 6.45) is 3.18. The van der Waals surface area contributed by atoms with Gasteiger partial charge in [0.25, 0.3) is 0 Å². The van der Waals surface area contributed by atoms with Gasteiger partial charge in [-0.05, 0) is 24.1 Å². The molecule has 2 aromatic rings. The molecule has 94 valence electrons. The molecule has 5 nitrogen and oxygen atoms in total. The molecule has 0 saturated heterocycles. The second-order valence-corrected chi connectivity index (χ2v) is 4.28. The smallest absolute Gasteiger partial charge is 0.316 e. The maximum atomic E-state index is 11.8. The second-order valence-electron chi connectivity index (χ2n) is 4.28. The normalized spacial score (nSPS) is 10.6. The molecule has 0 amide bonds. The van der Waals surface area contributed by atoms with Crippen molar-refractivity contribution in [1.29, 1.82) is 0 Å². The van der Waals surface area contributed by atoms with Gasteiger partial charge in [-0.1, -0.05) is 12.1 Å². The van der Waals surface area contributed by atoms with Crippen molar-refractivity contribution in [2.24, 2.45) is 7.05 Å². The van der Waals surface area contributed by atoms with Crippen LogP contribution in [0, 0.1) is 6.92 Å². The Kier molecular flexibility index (Phi) is 3.06. The van der Waals surface area contributed by atoms with Crippen molar-refractivity contribution in [3.63, 3.8) is 0 Å². The summed E-state index contributed by atoms with van der Waals surface area (Å²) in [7, 11) is 1.56. The summed E-state index contributed by atoms with van der Waals surface area (Å²) in [5.41, 5.74) is 7.31. The van der Waals surface area contributed by atoms with Crippen molar-refractivity contribution in [2.75, 3.05) is 5.73 Å². The van der Waals surface area contributed by atoms with Gasteiger partial charge in [0.05, 0.1) is 6.54 Å². The minimum absolute atomic E-state index is 0.353. The Bertz CT molecular complexity index is 698. The number of hydrogen-bond acceptors (Lipinski definition) is 3. The van der Waals surface area contributed by atoms with Gasteiger partial charge >= 0.3 is 11.1 Å². The van der Waals surface area contributed by atoms with E-state index in [0.29, 0.717) is 12.2 Å². The molecule has 1 aromatic heterocycles. The first kappa shape index (κ1) is 12.2. The minimum atomic E-state index is -0.529. The third-order valence-corrected chi connectivity index (χ3v) is 3.06. The summed E-state index contributed by atoms with van der Waals surface area (Å²) >= 11 is 0. The van der Waals surface area contributed by atoms with Crippen molar-refractivity contribution in [2.45, 2.75) is 13.5 Å². The van der Waals surface area contributed by atoms with Crippen LogP contribution in [0.3, 0.4) is 0 Å². The third-order valence-electron chi connectivity index (χ3n) is 3.06. The largest absolute Gasteiger partial charge is 0.399 e. The van der Waals surface area contributed by atoms with Crippen LogP contribution in [-0.2, 0) is 13.6 Å². The van der Waals surface area contributed by atoms with E-state index in [4.69, 9.17) is 5.73 Å². The highest BCUT2D eigenvalue weighted by Crippen LogP contribution is 2.15. The number of nitrogens with zero attached hydrogens (tertiary/aromatic N) is 2. The van der Waals surface area contributed by atoms with Crippen LogP contribution in [0.15, 0.2) is 40.2 Å². The fraction of sp³-hybridized carbons (Fsp3) is 0.231. The quantitative estimate of drug-likeness (QED) is 0.618. The lowest BCUT2D eigenvalue weighted by Crippen LogP contribution is -2.39. The molecule has 0 spiro atoms. The topological polar surface area (TPSA) is 70.0 Å². The maximum absolute atomic E-state index is 11.8. The number of rotatable bonds is 2. The molecule has 2 rings (SSSR count). The first-order chi connectivity index (χ1) is 8.50. The molecule has 0 saturated carbocycles. The van der Waals surface area contributed by atoms with Crippen molar-refractivity contribution in [1.82, 2.24) is 9.13 Å². The predicted octanol–water partition coefficient (Wildman–Crippen LogP) is 0.486. The van der Waals surface area contributed by atoms with E-state index in [1.807, 2.05) is 25.1 Å². The van der Waals surface area contributed by atoms with Crippen molar-refractivity contribution in [3.8, 4) is 0 Å². The lowest BCUT2D eigenvalue weighted by atomic mass is 10.1. The highest BCUT2D eigenvalue weighted by Gasteiger charge is 2.06. The number of aromatic nitrogens is 2. The van der Waals surface area contributed by atoms with Gasteiger partial charge in [0.15, 0.2) is 0 Å². The summed E-state index contributed by atoms with van der Waals surface area (Å²) in [4.78, 5) is 23.3. The zero-order valence-corrected chi connectivity index (χ0v) is 10.4. The van der Waals surface area contributed by atoms with Crippen molar-refractivity contribution >= 4 is 5.69 Å². The molecule has 1 aromatic carbocycles. The lowest BCUT2D eigenvalue weighted by Gasteiger charge is -2.10. The third kappa shape index (κ3) is 2.07. The number of aryl methyl sites for hydroxylation is 1. The molecule has 1 heterocycles. The van der Waals surface area contributed by atoms with Crippen LogP contribution in [0.5, 0.6) is 0 Å². The highest BCUT2D eigenvalue weighted by atomic mass is 16.2. The monoisotopic (exact) mass is 245 g/mol. The van der Waals surface area contributed by atoms with E-state index < -0.39 is 11.1 Å². The van der Waals surface area contributed by atoms with Crippen LogP contribution in [0.4, 0.5) is 5.69 Å². The van der Waals surface area contributed by atoms with Crippen LogP contribution in [0.2, 0.25) is 0 Å². The van der Waals surface area contributed by atoms with E-state index in [1.165, 1.54) is 9.13 Å². The second kappa shape index (κ2) is 4.52. The summed E-state index contributed by atoms with van der Waals surface area (Å²) in [5.74, 6) is 0. The van der Waals surface area contributed by atoms with Crippen LogP contribution < -0.4 is 16.9 Å². The summed E-state index contributed by atoms with van der Waals surface area (Å²) < 4.78 is 2.66. The average molecular weight is 245 g/mol. The SMILES string of the molecule is Cc1c(N)cccc1Cn1ccn(C)c(=O)c1=O. The van der Waals surface area contributed by atoms with Crippen LogP contribution in [0.1, 0.15) is 11.1 Å². The lowest BCUT2D eigenvalue weighted by molar-refractivity contribution is 0.693. The maximum Gasteiger partial charge on any atom is 0.316 e. The van der Waals surface area contributed by atoms with Gasteiger partial charge in [0.1, 0.15) is 0 Å². The Hall–Kier alpha value is -2.30. The van der Waals surface area contributed by atoms with E-state index in [9.17, 15) is 9.59 Å². The molecule has 0 atom stereocenters. The van der Waals surface area contributed by atoms with Crippen LogP contribution in [0.25, 0.3) is 0 Å². The van der Waals surface area contributed by atoms with Crippen molar-refractivity contribution in [3.05, 3.63) is 62.4 Å². The summed E-state index contributed by atoms with van der Waals surface area (Å²) in [5, 5.41) is 0. The fourth-order valence-electron chi connectivity index (χ4n) is 1.77. The number of nitrogens with two attached hydrogens (primary N) is 1. The molecule has 0 aliphatic carbocycles. The Balaban J connectivity index is 2.47. The van der Waals surface area contributed by atoms with E-state index >= 15 is 0 Å². The standard InChI is InChI=1S/C13H15N3O2/c1-9-10(4-3-5-11(9)14)8-16-7-6-15(2)12(17)13(16)18/h3-7H,8,14H2,1-2H3. The van der Waals surface area contributed by atoms with Gasteiger partial charge in [-0.15, -0.1) is 0 Å². The molecule has 0 aliphatic rings. The molecular formula is C13H15N3O2. The van der Waals surface area contributed by atoms with Gasteiger partial charge in [-0.2, -0.15) is 0 Å². The number of hydrogen-bond donors (Lipinski definition) is 1. The number of anilines is 1. The molecular weight excluding hydrogens is 230 g/mol. The van der Waals surface area contributed by atoms with Crippen LogP contribution >= 0.6 is 0 Å². The highest BCUT2D eigenvalue weighted by molar-refractivity contribution is 5.49. The Morgan fingerprint density at radius 2 is 1.89 bits per heavy atom. The molecule has 0 unspecified atom stereocenters. The van der Waals surface area contributed by atoms with E-state index in [-0.39, 0.29) is 0 Å². The zero-order valence-electron chi connectivity index (χ0n) is 10.4. The molecule has 5 heteroatoms. The molecule has 0 radical (unpaired) electrons. The first-order valence-electron chi connectivity index (χ1n) is 5.60. The summed E-state index contributed by atoms with van der Waals surface area (Å²) in [6.45, 7) is 2.25. The molecule has 18 heavy (non-hydrogen) atoms. The van der Waals surface area contributed by atoms with Gasteiger partial charge in [-0.25, -0.2) is 0 Å². The first-order valence-corrected chi connectivity index (χ1v) is 5.60.